The minimum absolute atomic E-state index is 0.241. The minimum atomic E-state index is -0.241. The van der Waals surface area contributed by atoms with Crippen molar-refractivity contribution in [3.8, 4) is 5.75 Å². The number of para-hydroxylation sites is 1. The van der Waals surface area contributed by atoms with Gasteiger partial charge in [0.05, 0.1) is 6.61 Å². The highest BCUT2D eigenvalue weighted by Gasteiger charge is 2.30. The van der Waals surface area contributed by atoms with Crippen LogP contribution in [0, 0.1) is 29.5 Å². The average molecular weight is 333 g/mol. The number of halogens is 1. The maximum absolute atomic E-state index is 13.6. The molecule has 0 saturated heterocycles. The van der Waals surface area contributed by atoms with Crippen molar-refractivity contribution in [2.75, 3.05) is 6.61 Å². The summed E-state index contributed by atoms with van der Waals surface area (Å²) in [5.41, 5.74) is 0. The first-order valence-corrected chi connectivity index (χ1v) is 10.1. The molecular weight excluding hydrogens is 299 g/mol. The summed E-state index contributed by atoms with van der Waals surface area (Å²) in [6, 6.07) is 6.75. The van der Waals surface area contributed by atoms with Crippen LogP contribution in [0.4, 0.5) is 4.39 Å². The second-order valence-corrected chi connectivity index (χ2v) is 8.09. The third-order valence-corrected chi connectivity index (χ3v) is 6.46. The highest BCUT2D eigenvalue weighted by atomic mass is 19.1. The molecule has 2 saturated carbocycles. The molecule has 0 N–H and O–H groups in total. The number of rotatable bonds is 6. The standard InChI is InChI=1S/C22H33FO/c1-2-5-17-8-12-19(13-9-17)20-14-10-18(11-15-20)16-24-22-7-4-3-6-21(22)23/h3-4,6-7,17-20H,2,5,8-16H2,1H3. The first-order valence-electron chi connectivity index (χ1n) is 10.1. The SMILES string of the molecule is CCCC1CCC(C2CCC(COc3ccccc3F)CC2)CC1. The van der Waals surface area contributed by atoms with Gasteiger partial charge >= 0.3 is 0 Å². The molecule has 1 aromatic rings. The Morgan fingerprint density at radius 1 is 0.875 bits per heavy atom. The number of hydrogen-bond donors (Lipinski definition) is 0. The molecule has 0 unspecified atom stereocenters. The van der Waals surface area contributed by atoms with Gasteiger partial charge in [-0.15, -0.1) is 0 Å². The predicted octanol–water partition coefficient (Wildman–Crippen LogP) is 6.62. The molecule has 2 fully saturated rings. The van der Waals surface area contributed by atoms with Crippen LogP contribution < -0.4 is 4.74 Å². The van der Waals surface area contributed by atoms with E-state index in [-0.39, 0.29) is 5.82 Å². The van der Waals surface area contributed by atoms with E-state index < -0.39 is 0 Å². The topological polar surface area (TPSA) is 9.23 Å². The average Bonchev–Trinajstić information content (AvgIpc) is 2.63. The van der Waals surface area contributed by atoms with Crippen LogP contribution >= 0.6 is 0 Å². The highest BCUT2D eigenvalue weighted by Crippen LogP contribution is 2.42. The fourth-order valence-electron chi connectivity index (χ4n) is 4.95. The van der Waals surface area contributed by atoms with Gasteiger partial charge in [0.1, 0.15) is 0 Å². The molecule has 0 bridgehead atoms. The van der Waals surface area contributed by atoms with Gasteiger partial charge in [0.2, 0.25) is 0 Å². The summed E-state index contributed by atoms with van der Waals surface area (Å²) in [7, 11) is 0. The number of benzene rings is 1. The third kappa shape index (κ3) is 4.74. The Morgan fingerprint density at radius 3 is 2.04 bits per heavy atom. The van der Waals surface area contributed by atoms with Crippen LogP contribution in [0.25, 0.3) is 0 Å². The Kier molecular flexibility index (Phi) is 6.57. The van der Waals surface area contributed by atoms with E-state index in [1.54, 1.807) is 12.1 Å². The molecule has 2 heteroatoms. The molecule has 0 spiro atoms. The van der Waals surface area contributed by atoms with Crippen LogP contribution in [0.2, 0.25) is 0 Å². The Labute approximate surface area is 147 Å². The zero-order valence-corrected chi connectivity index (χ0v) is 15.2. The molecule has 1 aromatic carbocycles. The van der Waals surface area contributed by atoms with Gasteiger partial charge in [-0.05, 0) is 74.3 Å². The molecule has 0 aliphatic heterocycles. The van der Waals surface area contributed by atoms with Crippen molar-refractivity contribution in [2.24, 2.45) is 23.7 Å². The van der Waals surface area contributed by atoms with Crippen molar-refractivity contribution in [3.05, 3.63) is 30.1 Å². The Bertz CT molecular complexity index is 484. The highest BCUT2D eigenvalue weighted by molar-refractivity contribution is 5.23. The van der Waals surface area contributed by atoms with Gasteiger partial charge in [0.25, 0.3) is 0 Å². The van der Waals surface area contributed by atoms with E-state index in [1.165, 1.54) is 70.3 Å². The van der Waals surface area contributed by atoms with Crippen molar-refractivity contribution in [2.45, 2.75) is 71.1 Å². The maximum Gasteiger partial charge on any atom is 0.165 e. The molecule has 0 aromatic heterocycles. The van der Waals surface area contributed by atoms with Crippen molar-refractivity contribution < 1.29 is 9.13 Å². The Morgan fingerprint density at radius 2 is 1.46 bits per heavy atom. The van der Waals surface area contributed by atoms with Crippen LogP contribution in [-0.2, 0) is 0 Å². The first kappa shape index (κ1) is 17.8. The summed E-state index contributed by atoms with van der Waals surface area (Å²) >= 11 is 0. The Balaban J connectivity index is 1.38. The van der Waals surface area contributed by atoms with Gasteiger partial charge in [-0.1, -0.05) is 44.7 Å². The minimum Gasteiger partial charge on any atom is -0.490 e. The molecule has 0 radical (unpaired) electrons. The van der Waals surface area contributed by atoms with Crippen molar-refractivity contribution in [3.63, 3.8) is 0 Å². The second-order valence-electron chi connectivity index (χ2n) is 8.09. The van der Waals surface area contributed by atoms with Crippen molar-refractivity contribution in [1.82, 2.24) is 0 Å². The molecule has 1 nitrogen and oxygen atoms in total. The van der Waals surface area contributed by atoms with Crippen LogP contribution in [0.15, 0.2) is 24.3 Å². The van der Waals surface area contributed by atoms with Crippen LogP contribution in [0.3, 0.4) is 0 Å². The van der Waals surface area contributed by atoms with Crippen LogP contribution in [-0.4, -0.2) is 6.61 Å². The number of hydrogen-bond acceptors (Lipinski definition) is 1. The van der Waals surface area contributed by atoms with Gasteiger partial charge in [-0.2, -0.15) is 0 Å². The van der Waals surface area contributed by atoms with E-state index >= 15 is 0 Å². The second kappa shape index (κ2) is 8.87. The normalized spacial score (nSPS) is 30.9. The van der Waals surface area contributed by atoms with E-state index in [2.05, 4.69) is 6.92 Å². The lowest BCUT2D eigenvalue weighted by Crippen LogP contribution is -2.27. The lowest BCUT2D eigenvalue weighted by Gasteiger charge is -2.37. The van der Waals surface area contributed by atoms with Gasteiger partial charge in [-0.3, -0.25) is 0 Å². The fourth-order valence-corrected chi connectivity index (χ4v) is 4.95. The van der Waals surface area contributed by atoms with E-state index in [1.807, 2.05) is 6.07 Å². The molecular formula is C22H33FO. The third-order valence-electron chi connectivity index (χ3n) is 6.46. The van der Waals surface area contributed by atoms with E-state index in [9.17, 15) is 4.39 Å². The van der Waals surface area contributed by atoms with Crippen LogP contribution in [0.5, 0.6) is 5.75 Å². The van der Waals surface area contributed by atoms with Crippen molar-refractivity contribution in [1.29, 1.82) is 0 Å². The summed E-state index contributed by atoms with van der Waals surface area (Å²) in [6.45, 7) is 2.99. The van der Waals surface area contributed by atoms with Gasteiger partial charge in [0.15, 0.2) is 11.6 Å². The zero-order valence-electron chi connectivity index (χ0n) is 15.2. The van der Waals surface area contributed by atoms with E-state index in [4.69, 9.17) is 4.74 Å². The summed E-state index contributed by atoms with van der Waals surface area (Å²) in [6.07, 6.45) is 13.9. The predicted molar refractivity (Wildman–Crippen MR) is 97.7 cm³/mol. The zero-order chi connectivity index (χ0) is 16.8. The van der Waals surface area contributed by atoms with E-state index in [0.717, 1.165) is 17.8 Å². The quantitative estimate of drug-likeness (QED) is 0.569. The van der Waals surface area contributed by atoms with Gasteiger partial charge < -0.3 is 4.74 Å². The fraction of sp³-hybridized carbons (Fsp3) is 0.727. The molecule has 0 atom stereocenters. The lowest BCUT2D eigenvalue weighted by atomic mass is 9.69. The molecule has 0 heterocycles. The van der Waals surface area contributed by atoms with Crippen LogP contribution in [0.1, 0.15) is 71.1 Å². The largest absolute Gasteiger partial charge is 0.490 e. The summed E-state index contributed by atoms with van der Waals surface area (Å²) in [5.74, 6) is 3.71. The molecule has 3 rings (SSSR count). The smallest absolute Gasteiger partial charge is 0.165 e. The molecule has 2 aliphatic carbocycles. The van der Waals surface area contributed by atoms with Crippen molar-refractivity contribution >= 4 is 0 Å². The summed E-state index contributed by atoms with van der Waals surface area (Å²) < 4.78 is 19.3. The molecule has 2 aliphatic rings. The first-order chi connectivity index (χ1) is 11.8. The van der Waals surface area contributed by atoms with Gasteiger partial charge in [-0.25, -0.2) is 4.39 Å². The lowest BCUT2D eigenvalue weighted by molar-refractivity contribution is 0.120. The molecule has 134 valence electrons. The maximum atomic E-state index is 13.6. The monoisotopic (exact) mass is 332 g/mol. The molecule has 24 heavy (non-hydrogen) atoms. The number of ether oxygens (including phenoxy) is 1. The van der Waals surface area contributed by atoms with Gasteiger partial charge in [0, 0.05) is 0 Å². The summed E-state index contributed by atoms with van der Waals surface area (Å²) in [4.78, 5) is 0. The Hall–Kier alpha value is -1.05. The van der Waals surface area contributed by atoms with E-state index in [0.29, 0.717) is 18.3 Å². The molecule has 0 amide bonds. The summed E-state index contributed by atoms with van der Waals surface area (Å²) in [5, 5.41) is 0.